The van der Waals surface area contributed by atoms with E-state index in [0.29, 0.717) is 6.54 Å². The van der Waals surface area contributed by atoms with Crippen LogP contribution in [0.25, 0.3) is 0 Å². The van der Waals surface area contributed by atoms with Crippen LogP contribution in [0.1, 0.15) is 36.1 Å². The van der Waals surface area contributed by atoms with Gasteiger partial charge in [-0.15, -0.1) is 0 Å². The molecule has 0 aliphatic heterocycles. The van der Waals surface area contributed by atoms with Crippen LogP contribution >= 0.6 is 0 Å². The average Bonchev–Trinajstić information content (AvgIpc) is 2.62. The third kappa shape index (κ3) is 5.07. The SMILES string of the molecule is CC[NH+](Cc1ccc(OC)c(F)c1)[C@H](C)C(=O)Nc1c(C)cc(C)cc1C. The number of hydrogen-bond donors (Lipinski definition) is 2. The third-order valence-corrected chi connectivity index (χ3v) is 5.03. The molecule has 1 unspecified atom stereocenters. The van der Waals surface area contributed by atoms with Crippen molar-refractivity contribution in [1.82, 2.24) is 0 Å². The molecule has 0 radical (unpaired) electrons. The van der Waals surface area contributed by atoms with E-state index in [0.717, 1.165) is 33.8 Å². The first-order valence-corrected chi connectivity index (χ1v) is 9.32. The van der Waals surface area contributed by atoms with E-state index in [1.165, 1.54) is 18.7 Å². The van der Waals surface area contributed by atoms with Crippen LogP contribution in [0, 0.1) is 26.6 Å². The fourth-order valence-corrected chi connectivity index (χ4v) is 3.46. The van der Waals surface area contributed by atoms with Crippen molar-refractivity contribution >= 4 is 11.6 Å². The van der Waals surface area contributed by atoms with Crippen molar-refractivity contribution < 1.29 is 18.8 Å². The molecule has 2 aromatic carbocycles. The molecule has 0 saturated heterocycles. The van der Waals surface area contributed by atoms with E-state index in [1.807, 2.05) is 40.7 Å². The summed E-state index contributed by atoms with van der Waals surface area (Å²) in [5, 5.41) is 3.08. The van der Waals surface area contributed by atoms with Gasteiger partial charge < -0.3 is 15.0 Å². The summed E-state index contributed by atoms with van der Waals surface area (Å²) in [4.78, 5) is 13.9. The molecule has 27 heavy (non-hydrogen) atoms. The Hall–Kier alpha value is -2.40. The molecule has 0 heterocycles. The summed E-state index contributed by atoms with van der Waals surface area (Å²) in [6.07, 6.45) is 0. The quantitative estimate of drug-likeness (QED) is 0.783. The fraction of sp³-hybridized carbons (Fsp3) is 0.409. The van der Waals surface area contributed by atoms with Gasteiger partial charge >= 0.3 is 0 Å². The number of hydrogen-bond acceptors (Lipinski definition) is 2. The average molecular weight is 373 g/mol. The fourth-order valence-electron chi connectivity index (χ4n) is 3.46. The second kappa shape index (κ2) is 9.00. The molecule has 0 saturated carbocycles. The molecular formula is C22H30FN2O2+. The van der Waals surface area contributed by atoms with E-state index in [1.54, 1.807) is 6.07 Å². The van der Waals surface area contributed by atoms with Crippen molar-refractivity contribution in [2.24, 2.45) is 0 Å². The van der Waals surface area contributed by atoms with Crippen LogP contribution in [-0.4, -0.2) is 25.6 Å². The van der Waals surface area contributed by atoms with Gasteiger partial charge in [0.25, 0.3) is 5.91 Å². The van der Waals surface area contributed by atoms with Crippen molar-refractivity contribution in [3.63, 3.8) is 0 Å². The van der Waals surface area contributed by atoms with Gasteiger partial charge in [0.05, 0.1) is 13.7 Å². The van der Waals surface area contributed by atoms with Gasteiger partial charge in [0, 0.05) is 11.3 Å². The molecule has 5 heteroatoms. The Balaban J connectivity index is 2.13. The molecule has 146 valence electrons. The normalized spacial score (nSPS) is 13.1. The summed E-state index contributed by atoms with van der Waals surface area (Å²) in [6.45, 7) is 11.3. The Morgan fingerprint density at radius 3 is 2.33 bits per heavy atom. The molecule has 2 aromatic rings. The number of quaternary nitrogens is 1. The van der Waals surface area contributed by atoms with E-state index in [-0.39, 0.29) is 23.5 Å². The van der Waals surface area contributed by atoms with E-state index in [4.69, 9.17) is 4.74 Å². The highest BCUT2D eigenvalue weighted by Gasteiger charge is 2.25. The highest BCUT2D eigenvalue weighted by atomic mass is 19.1. The Kier molecular flexibility index (Phi) is 6.97. The van der Waals surface area contributed by atoms with Crippen molar-refractivity contribution in [2.75, 3.05) is 19.0 Å². The number of anilines is 1. The molecule has 0 spiro atoms. The number of rotatable bonds is 7. The van der Waals surface area contributed by atoms with Crippen LogP contribution in [0.2, 0.25) is 0 Å². The van der Waals surface area contributed by atoms with Crippen LogP contribution in [-0.2, 0) is 11.3 Å². The second-order valence-corrected chi connectivity index (χ2v) is 7.14. The van der Waals surface area contributed by atoms with Crippen LogP contribution in [0.15, 0.2) is 30.3 Å². The first kappa shape index (κ1) is 20.9. The Morgan fingerprint density at radius 1 is 1.19 bits per heavy atom. The zero-order valence-corrected chi connectivity index (χ0v) is 17.1. The molecule has 2 rings (SSSR count). The molecule has 1 amide bonds. The first-order chi connectivity index (χ1) is 12.8. The highest BCUT2D eigenvalue weighted by Crippen LogP contribution is 2.22. The molecule has 2 N–H and O–H groups in total. The Labute approximate surface area is 161 Å². The number of methoxy groups -OCH3 is 1. The number of amides is 1. The Morgan fingerprint density at radius 2 is 1.81 bits per heavy atom. The number of aryl methyl sites for hydroxylation is 3. The number of benzene rings is 2. The van der Waals surface area contributed by atoms with Crippen LogP contribution < -0.4 is 15.0 Å². The molecule has 2 atom stereocenters. The van der Waals surface area contributed by atoms with Crippen molar-refractivity contribution in [1.29, 1.82) is 0 Å². The largest absolute Gasteiger partial charge is 0.494 e. The van der Waals surface area contributed by atoms with Gasteiger partial charge in [-0.2, -0.15) is 0 Å². The molecule has 0 aromatic heterocycles. The lowest BCUT2D eigenvalue weighted by molar-refractivity contribution is -0.925. The van der Waals surface area contributed by atoms with Gasteiger partial charge in [-0.05, 0) is 63.9 Å². The molecular weight excluding hydrogens is 343 g/mol. The summed E-state index contributed by atoms with van der Waals surface area (Å²) >= 11 is 0. The number of nitrogens with one attached hydrogen (secondary N) is 2. The van der Waals surface area contributed by atoms with E-state index in [9.17, 15) is 9.18 Å². The zero-order chi connectivity index (χ0) is 20.1. The van der Waals surface area contributed by atoms with Gasteiger partial charge in [0.1, 0.15) is 6.54 Å². The summed E-state index contributed by atoms with van der Waals surface area (Å²) in [5.41, 5.74) is 5.01. The summed E-state index contributed by atoms with van der Waals surface area (Å²) < 4.78 is 18.9. The molecule has 0 bridgehead atoms. The standard InChI is InChI=1S/C22H29FN2O2/c1-7-25(13-18-8-9-20(27-6)19(23)12-18)17(5)22(26)24-21-15(3)10-14(2)11-16(21)4/h8-12,17H,7,13H2,1-6H3,(H,24,26)/p+1/t17-/m1/s1. The minimum Gasteiger partial charge on any atom is -0.494 e. The van der Waals surface area contributed by atoms with Gasteiger partial charge in [-0.1, -0.05) is 17.7 Å². The highest BCUT2D eigenvalue weighted by molar-refractivity contribution is 5.95. The lowest BCUT2D eigenvalue weighted by Gasteiger charge is -2.25. The number of carbonyl (C=O) groups excluding carboxylic acids is 1. The molecule has 4 nitrogen and oxygen atoms in total. The minimum atomic E-state index is -0.381. The van der Waals surface area contributed by atoms with E-state index in [2.05, 4.69) is 17.4 Å². The van der Waals surface area contributed by atoms with Gasteiger partial charge in [-0.25, -0.2) is 4.39 Å². The third-order valence-electron chi connectivity index (χ3n) is 5.03. The lowest BCUT2D eigenvalue weighted by Crippen LogP contribution is -3.15. The van der Waals surface area contributed by atoms with Crippen molar-refractivity contribution in [3.8, 4) is 5.75 Å². The van der Waals surface area contributed by atoms with Crippen LogP contribution in [0.5, 0.6) is 5.75 Å². The smallest absolute Gasteiger partial charge is 0.282 e. The topological polar surface area (TPSA) is 42.8 Å². The summed E-state index contributed by atoms with van der Waals surface area (Å²) in [7, 11) is 1.45. The maximum absolute atomic E-state index is 14.0. The predicted molar refractivity (Wildman–Crippen MR) is 107 cm³/mol. The summed E-state index contributed by atoms with van der Waals surface area (Å²) in [6, 6.07) is 8.82. The molecule has 0 fully saturated rings. The second-order valence-electron chi connectivity index (χ2n) is 7.14. The molecule has 0 aliphatic rings. The van der Waals surface area contributed by atoms with Gasteiger partial charge in [-0.3, -0.25) is 4.79 Å². The maximum atomic E-state index is 14.0. The van der Waals surface area contributed by atoms with Crippen LogP contribution in [0.3, 0.4) is 0 Å². The van der Waals surface area contributed by atoms with E-state index >= 15 is 0 Å². The lowest BCUT2D eigenvalue weighted by atomic mass is 10.0. The van der Waals surface area contributed by atoms with Gasteiger partial charge in [0.2, 0.25) is 0 Å². The number of carbonyl (C=O) groups is 1. The first-order valence-electron chi connectivity index (χ1n) is 9.32. The minimum absolute atomic E-state index is 0.0316. The maximum Gasteiger partial charge on any atom is 0.282 e. The zero-order valence-electron chi connectivity index (χ0n) is 17.1. The van der Waals surface area contributed by atoms with Crippen LogP contribution in [0.4, 0.5) is 10.1 Å². The van der Waals surface area contributed by atoms with Gasteiger partial charge in [0.15, 0.2) is 17.6 Å². The molecule has 0 aliphatic carbocycles. The summed E-state index contributed by atoms with van der Waals surface area (Å²) in [5.74, 6) is -0.183. The van der Waals surface area contributed by atoms with Crippen molar-refractivity contribution in [2.45, 2.75) is 47.2 Å². The number of ether oxygens (including phenoxy) is 1. The number of halogens is 1. The monoisotopic (exact) mass is 373 g/mol. The van der Waals surface area contributed by atoms with E-state index < -0.39 is 0 Å². The van der Waals surface area contributed by atoms with Crippen molar-refractivity contribution in [3.05, 3.63) is 58.4 Å². The Bertz CT molecular complexity index is 797. The predicted octanol–water partition coefficient (Wildman–Crippen LogP) is 3.19. The number of likely N-dealkylation sites (N-methyl/N-ethyl adjacent to an activating group) is 1.